The number of hydrogen-bond acceptors (Lipinski definition) is 1. The molecular formula is C22H17ClF6N2O. The minimum atomic E-state index is -4.99. The summed E-state index contributed by atoms with van der Waals surface area (Å²) >= 11 is 5.86. The van der Waals surface area contributed by atoms with Crippen molar-refractivity contribution in [1.82, 2.24) is 4.57 Å². The molecule has 0 unspecified atom stereocenters. The first-order valence-corrected chi connectivity index (χ1v) is 9.69. The van der Waals surface area contributed by atoms with Crippen LogP contribution in [0.15, 0.2) is 48.5 Å². The van der Waals surface area contributed by atoms with E-state index in [9.17, 15) is 31.1 Å². The van der Waals surface area contributed by atoms with Crippen LogP contribution in [0, 0.1) is 6.92 Å². The van der Waals surface area contributed by atoms with Crippen LogP contribution in [0.3, 0.4) is 0 Å². The van der Waals surface area contributed by atoms with Gasteiger partial charge in [0.1, 0.15) is 0 Å². The first kappa shape index (κ1) is 23.7. The van der Waals surface area contributed by atoms with E-state index in [1.807, 2.05) is 0 Å². The van der Waals surface area contributed by atoms with Crippen molar-refractivity contribution < 1.29 is 31.1 Å². The molecule has 2 aromatic carbocycles. The summed E-state index contributed by atoms with van der Waals surface area (Å²) in [4.78, 5) is 11.8. The molecule has 0 spiro atoms. The molecule has 170 valence electrons. The van der Waals surface area contributed by atoms with Crippen LogP contribution < -0.4 is 5.73 Å². The molecular weight excluding hydrogens is 458 g/mol. The zero-order valence-corrected chi connectivity index (χ0v) is 17.4. The number of carbonyl (C=O) groups is 1. The SMILES string of the molecule is Cc1c(C(N)=O)cc(-c2cc(C(F)(F)F)cc(C(F)(F)F)c2)n1CCc1ccc(Cl)cc1. The van der Waals surface area contributed by atoms with E-state index in [0.717, 1.165) is 5.56 Å². The van der Waals surface area contributed by atoms with E-state index < -0.39 is 29.4 Å². The summed E-state index contributed by atoms with van der Waals surface area (Å²) < 4.78 is 81.3. The standard InChI is InChI=1S/C22H17ClF6N2O/c1-12-18(20(30)32)11-19(31(12)7-6-13-2-4-17(23)5-3-13)14-8-15(21(24,25)26)10-16(9-14)22(27,28)29/h2-5,8-11H,6-7H2,1H3,(H2,30,32). The normalized spacial score (nSPS) is 12.2. The highest BCUT2D eigenvalue weighted by Gasteiger charge is 2.37. The fourth-order valence-corrected chi connectivity index (χ4v) is 3.54. The van der Waals surface area contributed by atoms with Gasteiger partial charge in [-0.1, -0.05) is 23.7 Å². The minimum absolute atomic E-state index is 0.0158. The number of nitrogens with zero attached hydrogens (tertiary/aromatic N) is 1. The summed E-state index contributed by atoms with van der Waals surface area (Å²) in [6.45, 7) is 1.72. The van der Waals surface area contributed by atoms with Crippen LogP contribution >= 0.6 is 11.6 Å². The molecule has 0 saturated carbocycles. The average Bonchev–Trinajstić information content (AvgIpc) is 3.02. The lowest BCUT2D eigenvalue weighted by Crippen LogP contribution is -2.13. The predicted octanol–water partition coefficient (Wildman–Crippen LogP) is 6.50. The van der Waals surface area contributed by atoms with Gasteiger partial charge in [0.15, 0.2) is 0 Å². The highest BCUT2D eigenvalue weighted by molar-refractivity contribution is 6.30. The third-order valence-electron chi connectivity index (χ3n) is 5.05. The molecule has 0 aliphatic heterocycles. The Bertz CT molecular complexity index is 1110. The van der Waals surface area contributed by atoms with E-state index >= 15 is 0 Å². The van der Waals surface area contributed by atoms with E-state index in [1.165, 1.54) is 17.6 Å². The molecule has 1 amide bonds. The summed E-state index contributed by atoms with van der Waals surface area (Å²) in [5.41, 5.74) is 3.40. The van der Waals surface area contributed by atoms with Crippen LogP contribution in [0.1, 0.15) is 32.7 Å². The van der Waals surface area contributed by atoms with Gasteiger partial charge in [-0.2, -0.15) is 26.3 Å². The molecule has 0 saturated heterocycles. The van der Waals surface area contributed by atoms with Crippen LogP contribution in [-0.4, -0.2) is 10.5 Å². The lowest BCUT2D eigenvalue weighted by Gasteiger charge is -2.16. The van der Waals surface area contributed by atoms with Crippen molar-refractivity contribution in [3.8, 4) is 11.3 Å². The lowest BCUT2D eigenvalue weighted by atomic mass is 10.0. The summed E-state index contributed by atoms with van der Waals surface area (Å²) in [6.07, 6.45) is -9.58. The second kappa shape index (κ2) is 8.54. The monoisotopic (exact) mass is 474 g/mol. The first-order chi connectivity index (χ1) is 14.8. The Morgan fingerprint density at radius 1 is 0.938 bits per heavy atom. The molecule has 3 rings (SSSR count). The maximum absolute atomic E-state index is 13.3. The Balaban J connectivity index is 2.15. The number of hydrogen-bond donors (Lipinski definition) is 1. The van der Waals surface area contributed by atoms with E-state index in [2.05, 4.69) is 0 Å². The molecule has 1 aromatic heterocycles. The quantitative estimate of drug-likeness (QED) is 0.422. The third kappa shape index (κ3) is 5.09. The van der Waals surface area contributed by atoms with Gasteiger partial charge in [0.25, 0.3) is 5.91 Å². The molecule has 0 bridgehead atoms. The van der Waals surface area contributed by atoms with Crippen molar-refractivity contribution in [3.63, 3.8) is 0 Å². The molecule has 32 heavy (non-hydrogen) atoms. The summed E-state index contributed by atoms with van der Waals surface area (Å²) in [6, 6.07) is 9.38. The predicted molar refractivity (Wildman–Crippen MR) is 108 cm³/mol. The van der Waals surface area contributed by atoms with Crippen molar-refractivity contribution in [2.24, 2.45) is 5.73 Å². The molecule has 2 N–H and O–H groups in total. The summed E-state index contributed by atoms with van der Waals surface area (Å²) in [5.74, 6) is -0.836. The molecule has 10 heteroatoms. The number of amides is 1. The molecule has 1 heterocycles. The maximum atomic E-state index is 13.3. The number of benzene rings is 2. The molecule has 3 nitrogen and oxygen atoms in total. The van der Waals surface area contributed by atoms with E-state index in [4.69, 9.17) is 17.3 Å². The number of aryl methyl sites for hydroxylation is 1. The van der Waals surface area contributed by atoms with Crippen molar-refractivity contribution in [3.05, 3.63) is 81.5 Å². The average molecular weight is 475 g/mol. The molecule has 0 radical (unpaired) electrons. The van der Waals surface area contributed by atoms with E-state index in [0.29, 0.717) is 29.3 Å². The van der Waals surface area contributed by atoms with Gasteiger partial charge >= 0.3 is 12.4 Å². The number of primary amides is 1. The highest BCUT2D eigenvalue weighted by atomic mass is 35.5. The lowest BCUT2D eigenvalue weighted by molar-refractivity contribution is -0.143. The van der Waals surface area contributed by atoms with Gasteiger partial charge in [-0.15, -0.1) is 0 Å². The Hall–Kier alpha value is -2.94. The number of nitrogens with two attached hydrogens (primary N) is 1. The Morgan fingerprint density at radius 2 is 1.47 bits per heavy atom. The van der Waals surface area contributed by atoms with Crippen LogP contribution in [0.25, 0.3) is 11.3 Å². The minimum Gasteiger partial charge on any atom is -0.366 e. The number of aromatic nitrogens is 1. The van der Waals surface area contributed by atoms with E-state index in [-0.39, 0.29) is 29.4 Å². The molecule has 0 atom stereocenters. The number of alkyl halides is 6. The van der Waals surface area contributed by atoms with Gasteiger partial charge in [-0.05, 0) is 60.9 Å². The Labute approximate surface area is 184 Å². The Morgan fingerprint density at radius 3 is 1.94 bits per heavy atom. The fourth-order valence-electron chi connectivity index (χ4n) is 3.42. The van der Waals surface area contributed by atoms with E-state index in [1.54, 1.807) is 24.3 Å². The van der Waals surface area contributed by atoms with Gasteiger partial charge in [0, 0.05) is 23.0 Å². The van der Waals surface area contributed by atoms with Crippen LogP contribution in [0.4, 0.5) is 26.3 Å². The topological polar surface area (TPSA) is 48.0 Å². The fraction of sp³-hybridized carbons (Fsp3) is 0.227. The van der Waals surface area contributed by atoms with Crippen molar-refractivity contribution >= 4 is 17.5 Å². The molecule has 3 aromatic rings. The molecule has 0 aliphatic carbocycles. The van der Waals surface area contributed by atoms with Gasteiger partial charge in [0.2, 0.25) is 0 Å². The summed E-state index contributed by atoms with van der Waals surface area (Å²) in [5, 5.41) is 0.520. The van der Waals surface area contributed by atoms with Crippen molar-refractivity contribution in [2.75, 3.05) is 0 Å². The van der Waals surface area contributed by atoms with Crippen molar-refractivity contribution in [1.29, 1.82) is 0 Å². The van der Waals surface area contributed by atoms with Crippen LogP contribution in [0.5, 0.6) is 0 Å². The van der Waals surface area contributed by atoms with Gasteiger partial charge < -0.3 is 10.3 Å². The third-order valence-corrected chi connectivity index (χ3v) is 5.30. The van der Waals surface area contributed by atoms with Crippen LogP contribution in [0.2, 0.25) is 5.02 Å². The second-order valence-electron chi connectivity index (χ2n) is 7.22. The largest absolute Gasteiger partial charge is 0.416 e. The first-order valence-electron chi connectivity index (χ1n) is 9.31. The highest BCUT2D eigenvalue weighted by Crippen LogP contribution is 2.39. The smallest absolute Gasteiger partial charge is 0.366 e. The molecule has 0 fully saturated rings. The zero-order chi connectivity index (χ0) is 23.8. The number of halogens is 7. The molecule has 0 aliphatic rings. The van der Waals surface area contributed by atoms with Crippen LogP contribution in [-0.2, 0) is 25.3 Å². The van der Waals surface area contributed by atoms with Crippen molar-refractivity contribution in [2.45, 2.75) is 32.2 Å². The van der Waals surface area contributed by atoms with Gasteiger partial charge in [-0.3, -0.25) is 4.79 Å². The summed E-state index contributed by atoms with van der Waals surface area (Å²) in [7, 11) is 0. The van der Waals surface area contributed by atoms with Gasteiger partial charge in [0.05, 0.1) is 16.7 Å². The van der Waals surface area contributed by atoms with Gasteiger partial charge in [-0.25, -0.2) is 0 Å². The number of rotatable bonds is 5. The Kier molecular flexibility index (Phi) is 6.33. The number of carbonyl (C=O) groups excluding carboxylic acids is 1. The second-order valence-corrected chi connectivity index (χ2v) is 7.65. The maximum Gasteiger partial charge on any atom is 0.416 e. The zero-order valence-electron chi connectivity index (χ0n) is 16.6.